The third-order valence-electron chi connectivity index (χ3n) is 5.29. The molecule has 4 rings (SSSR count). The lowest BCUT2D eigenvalue weighted by molar-refractivity contribution is 0.570. The van der Waals surface area contributed by atoms with Crippen LogP contribution in [-0.4, -0.2) is 14.8 Å². The van der Waals surface area contributed by atoms with Gasteiger partial charge in [-0.3, -0.25) is 0 Å². The first-order valence-corrected chi connectivity index (χ1v) is 11.2. The van der Waals surface area contributed by atoms with Crippen molar-refractivity contribution < 1.29 is 0 Å². The molecule has 2 heterocycles. The molecule has 0 aliphatic carbocycles. The van der Waals surface area contributed by atoms with Gasteiger partial charge in [0.15, 0.2) is 11.5 Å². The topological polar surface area (TPSA) is 68.8 Å². The number of nitrogen functional groups attached to an aromatic ring is 1. The zero-order chi connectivity index (χ0) is 22.3. The molecule has 6 heteroatoms. The fraction of sp³-hybridized carbons (Fsp3) is 0.280. The summed E-state index contributed by atoms with van der Waals surface area (Å²) in [7, 11) is 0. The highest BCUT2D eigenvalue weighted by Gasteiger charge is 2.21. The molecule has 160 valence electrons. The van der Waals surface area contributed by atoms with Crippen molar-refractivity contribution in [2.24, 2.45) is 0 Å². The molecule has 0 amide bonds. The van der Waals surface area contributed by atoms with Gasteiger partial charge in [-0.15, -0.1) is 5.10 Å². The Morgan fingerprint density at radius 3 is 2.19 bits per heavy atom. The number of pyridine rings is 1. The Balaban J connectivity index is 1.85. The molecule has 0 radical (unpaired) electrons. The van der Waals surface area contributed by atoms with E-state index in [1.54, 1.807) is 0 Å². The molecule has 0 fully saturated rings. The van der Waals surface area contributed by atoms with E-state index in [1.165, 1.54) is 28.6 Å². The second-order valence-electron chi connectivity index (χ2n) is 9.10. The molecule has 0 bridgehead atoms. The number of rotatable bonds is 4. The number of nitrogens with two attached hydrogens (primary N) is 1. The minimum atomic E-state index is -0.0486. The third kappa shape index (κ3) is 4.26. The molecule has 5 nitrogen and oxygen atoms in total. The van der Waals surface area contributed by atoms with Crippen LogP contribution in [0.4, 0.5) is 11.5 Å². The molecule has 0 spiro atoms. The summed E-state index contributed by atoms with van der Waals surface area (Å²) in [6.07, 6.45) is 0. The highest BCUT2D eigenvalue weighted by molar-refractivity contribution is 8.00. The fourth-order valence-corrected chi connectivity index (χ4v) is 4.43. The van der Waals surface area contributed by atoms with Crippen LogP contribution in [0.5, 0.6) is 0 Å². The van der Waals surface area contributed by atoms with Crippen LogP contribution in [0.1, 0.15) is 43.2 Å². The first-order chi connectivity index (χ1) is 14.6. The third-order valence-corrected chi connectivity index (χ3v) is 6.10. The number of benzene rings is 2. The molecule has 2 aromatic heterocycles. The van der Waals surface area contributed by atoms with Gasteiger partial charge < -0.3 is 10.5 Å². The van der Waals surface area contributed by atoms with Crippen molar-refractivity contribution in [2.75, 3.05) is 10.5 Å². The van der Waals surface area contributed by atoms with Crippen LogP contribution in [0.3, 0.4) is 0 Å². The minimum absolute atomic E-state index is 0.0486. The molecule has 0 unspecified atom stereocenters. The standard InChI is InChI=1S/C25H29N5S/c1-15-13-16(2)22(17(3)14-15)30-24-20(11-12-21(27-24)25(4,5)6)23(28-30)29-31-19-9-7-18(26)8-10-19/h7-14H,26H2,1-6H3,(H,28,29). The van der Waals surface area contributed by atoms with Crippen molar-refractivity contribution in [1.82, 2.24) is 14.8 Å². The van der Waals surface area contributed by atoms with E-state index in [2.05, 4.69) is 70.5 Å². The molecule has 0 aliphatic rings. The van der Waals surface area contributed by atoms with Crippen molar-refractivity contribution in [1.29, 1.82) is 0 Å². The van der Waals surface area contributed by atoms with E-state index in [0.29, 0.717) is 0 Å². The SMILES string of the molecule is Cc1cc(C)c(-n2nc(NSc3ccc(N)cc3)c3ccc(C(C)(C)C)nc32)c(C)c1. The number of hydrogen-bond donors (Lipinski definition) is 2. The zero-order valence-electron chi connectivity index (χ0n) is 18.9. The van der Waals surface area contributed by atoms with Crippen LogP contribution in [0, 0.1) is 20.8 Å². The maximum absolute atomic E-state index is 5.81. The smallest absolute Gasteiger partial charge is 0.168 e. The molecule has 0 saturated carbocycles. The number of aryl methyl sites for hydroxylation is 3. The molecular formula is C25H29N5S. The summed E-state index contributed by atoms with van der Waals surface area (Å²) in [5, 5.41) is 5.96. The van der Waals surface area contributed by atoms with Crippen molar-refractivity contribution in [3.63, 3.8) is 0 Å². The van der Waals surface area contributed by atoms with E-state index < -0.39 is 0 Å². The number of fused-ring (bicyclic) bond motifs is 1. The lowest BCUT2D eigenvalue weighted by atomic mass is 9.91. The van der Waals surface area contributed by atoms with Crippen LogP contribution in [-0.2, 0) is 5.41 Å². The lowest BCUT2D eigenvalue weighted by Gasteiger charge is -2.18. The summed E-state index contributed by atoms with van der Waals surface area (Å²) >= 11 is 1.52. The first-order valence-electron chi connectivity index (χ1n) is 10.4. The Morgan fingerprint density at radius 2 is 1.58 bits per heavy atom. The number of nitrogens with one attached hydrogen (secondary N) is 1. The Morgan fingerprint density at radius 1 is 0.935 bits per heavy atom. The monoisotopic (exact) mass is 431 g/mol. The Labute approximate surface area is 188 Å². The number of anilines is 2. The molecule has 3 N–H and O–H groups in total. The Hall–Kier alpha value is -2.99. The van der Waals surface area contributed by atoms with E-state index in [1.807, 2.05) is 28.9 Å². The molecule has 4 aromatic rings. The number of hydrogen-bond acceptors (Lipinski definition) is 5. The lowest BCUT2D eigenvalue weighted by Crippen LogP contribution is -2.14. The number of nitrogens with zero attached hydrogens (tertiary/aromatic N) is 3. The average Bonchev–Trinajstić information content (AvgIpc) is 3.04. The predicted octanol–water partition coefficient (Wildman–Crippen LogP) is 6.34. The minimum Gasteiger partial charge on any atom is -0.399 e. The van der Waals surface area contributed by atoms with Gasteiger partial charge in [-0.1, -0.05) is 38.5 Å². The summed E-state index contributed by atoms with van der Waals surface area (Å²) in [5.74, 6) is 0.796. The van der Waals surface area contributed by atoms with Crippen LogP contribution in [0.25, 0.3) is 16.7 Å². The quantitative estimate of drug-likeness (QED) is 0.291. The molecule has 0 saturated heterocycles. The van der Waals surface area contributed by atoms with E-state index in [9.17, 15) is 0 Å². The van der Waals surface area contributed by atoms with E-state index in [4.69, 9.17) is 15.8 Å². The van der Waals surface area contributed by atoms with Gasteiger partial charge in [0.1, 0.15) is 0 Å². The second-order valence-corrected chi connectivity index (χ2v) is 9.98. The highest BCUT2D eigenvalue weighted by Crippen LogP contribution is 2.33. The van der Waals surface area contributed by atoms with Gasteiger partial charge in [-0.25, -0.2) is 9.67 Å². The normalized spacial score (nSPS) is 11.8. The van der Waals surface area contributed by atoms with Gasteiger partial charge in [0.25, 0.3) is 0 Å². The Bertz CT molecular complexity index is 1230. The average molecular weight is 432 g/mol. The van der Waals surface area contributed by atoms with Crippen LogP contribution < -0.4 is 10.5 Å². The summed E-state index contributed by atoms with van der Waals surface area (Å²) < 4.78 is 5.41. The number of aromatic nitrogens is 3. The maximum Gasteiger partial charge on any atom is 0.168 e. The van der Waals surface area contributed by atoms with Crippen LogP contribution in [0.2, 0.25) is 0 Å². The first kappa shape index (κ1) is 21.2. The van der Waals surface area contributed by atoms with E-state index in [0.717, 1.165) is 38.8 Å². The summed E-state index contributed by atoms with van der Waals surface area (Å²) in [6, 6.07) is 16.4. The second kappa shape index (κ2) is 7.93. The van der Waals surface area contributed by atoms with E-state index >= 15 is 0 Å². The maximum atomic E-state index is 5.81. The van der Waals surface area contributed by atoms with E-state index in [-0.39, 0.29) is 5.41 Å². The molecule has 0 aliphatic heterocycles. The van der Waals surface area contributed by atoms with Crippen LogP contribution in [0.15, 0.2) is 53.4 Å². The van der Waals surface area contributed by atoms with Crippen LogP contribution >= 0.6 is 11.9 Å². The summed E-state index contributed by atoms with van der Waals surface area (Å²) in [4.78, 5) is 6.12. The Kier molecular flexibility index (Phi) is 5.43. The van der Waals surface area contributed by atoms with Gasteiger partial charge in [-0.2, -0.15) is 0 Å². The van der Waals surface area contributed by atoms with Gasteiger partial charge in [0, 0.05) is 21.7 Å². The zero-order valence-corrected chi connectivity index (χ0v) is 19.8. The van der Waals surface area contributed by atoms with Gasteiger partial charge in [-0.05, 0) is 80.2 Å². The van der Waals surface area contributed by atoms with Gasteiger partial charge in [0.2, 0.25) is 0 Å². The highest BCUT2D eigenvalue weighted by atomic mass is 32.2. The van der Waals surface area contributed by atoms with Gasteiger partial charge in [0.05, 0.1) is 11.1 Å². The van der Waals surface area contributed by atoms with Crippen molar-refractivity contribution in [3.8, 4) is 5.69 Å². The molecule has 31 heavy (non-hydrogen) atoms. The van der Waals surface area contributed by atoms with Crippen molar-refractivity contribution in [2.45, 2.75) is 51.9 Å². The van der Waals surface area contributed by atoms with Crippen molar-refractivity contribution >= 4 is 34.5 Å². The summed E-state index contributed by atoms with van der Waals surface area (Å²) in [6.45, 7) is 12.9. The molecule has 2 aromatic carbocycles. The summed E-state index contributed by atoms with van der Waals surface area (Å²) in [5.41, 5.74) is 13.1. The molecule has 0 atom stereocenters. The largest absolute Gasteiger partial charge is 0.399 e. The van der Waals surface area contributed by atoms with Crippen molar-refractivity contribution in [3.05, 3.63) is 70.9 Å². The fourth-order valence-electron chi connectivity index (χ4n) is 3.79. The molecular weight excluding hydrogens is 402 g/mol. The van der Waals surface area contributed by atoms with Gasteiger partial charge >= 0.3 is 0 Å². The predicted molar refractivity (Wildman–Crippen MR) is 132 cm³/mol.